The molecule has 1 atom stereocenters. The Kier molecular flexibility index (Phi) is 7.85. The third-order valence-corrected chi connectivity index (χ3v) is 4.11. The predicted molar refractivity (Wildman–Crippen MR) is 97.9 cm³/mol. The number of hydrogen-bond acceptors (Lipinski definition) is 5. The molecule has 1 aromatic carbocycles. The fraction of sp³-hybridized carbons (Fsp3) is 0.632. The number of ether oxygens (including phenoxy) is 3. The molecule has 0 spiro atoms. The average Bonchev–Trinajstić information content (AvgIpc) is 3.11. The molecule has 0 aliphatic carbocycles. The van der Waals surface area contributed by atoms with Gasteiger partial charge >= 0.3 is 0 Å². The minimum atomic E-state index is -0.122. The van der Waals surface area contributed by atoms with Crippen LogP contribution in [0.25, 0.3) is 0 Å². The number of hydrogen-bond donors (Lipinski definition) is 2. The summed E-state index contributed by atoms with van der Waals surface area (Å²) in [5, 5.41) is 6.42. The van der Waals surface area contributed by atoms with Gasteiger partial charge in [0.2, 0.25) is 5.75 Å². The number of carbonyl (C=O) groups is 1. The second-order valence-electron chi connectivity index (χ2n) is 5.94. The Morgan fingerprint density at radius 2 is 1.76 bits per heavy atom. The minimum absolute atomic E-state index is 0.122. The van der Waals surface area contributed by atoms with E-state index in [0.29, 0.717) is 55.2 Å². The molecule has 1 aliphatic heterocycles. The number of amides is 1. The molecule has 0 saturated carbocycles. The van der Waals surface area contributed by atoms with Crippen molar-refractivity contribution < 1.29 is 19.0 Å². The topological polar surface area (TPSA) is 68.8 Å². The minimum Gasteiger partial charge on any atom is -0.490 e. The zero-order chi connectivity index (χ0) is 18.1. The zero-order valence-corrected chi connectivity index (χ0v) is 15.5. The third kappa shape index (κ3) is 5.53. The Bertz CT molecular complexity index is 529. The molecule has 1 aromatic rings. The highest BCUT2D eigenvalue weighted by Crippen LogP contribution is 2.39. The lowest BCUT2D eigenvalue weighted by molar-refractivity contribution is 0.0951. The van der Waals surface area contributed by atoms with E-state index in [2.05, 4.69) is 10.6 Å². The van der Waals surface area contributed by atoms with E-state index >= 15 is 0 Å². The van der Waals surface area contributed by atoms with Crippen LogP contribution in [0.1, 0.15) is 50.4 Å². The molecular weight excluding hydrogens is 320 g/mol. The van der Waals surface area contributed by atoms with E-state index < -0.39 is 0 Å². The van der Waals surface area contributed by atoms with E-state index in [4.69, 9.17) is 14.2 Å². The van der Waals surface area contributed by atoms with Crippen LogP contribution in [0.2, 0.25) is 0 Å². The van der Waals surface area contributed by atoms with Crippen LogP contribution in [0, 0.1) is 0 Å². The van der Waals surface area contributed by atoms with Gasteiger partial charge in [0.05, 0.1) is 19.8 Å². The highest BCUT2D eigenvalue weighted by atomic mass is 16.5. The van der Waals surface area contributed by atoms with Gasteiger partial charge in [-0.1, -0.05) is 0 Å². The molecule has 2 N–H and O–H groups in total. The van der Waals surface area contributed by atoms with Gasteiger partial charge in [-0.3, -0.25) is 4.79 Å². The number of nitrogens with one attached hydrogen (secondary N) is 2. The number of carbonyl (C=O) groups excluding carboxylic acids is 1. The van der Waals surface area contributed by atoms with Crippen molar-refractivity contribution in [3.63, 3.8) is 0 Å². The summed E-state index contributed by atoms with van der Waals surface area (Å²) in [6, 6.07) is 3.96. The van der Waals surface area contributed by atoms with Gasteiger partial charge in [0, 0.05) is 18.2 Å². The van der Waals surface area contributed by atoms with Crippen molar-refractivity contribution in [1.29, 1.82) is 0 Å². The quantitative estimate of drug-likeness (QED) is 0.679. The molecule has 1 fully saturated rings. The maximum absolute atomic E-state index is 12.5. The lowest BCUT2D eigenvalue weighted by Crippen LogP contribution is -2.30. The van der Waals surface area contributed by atoms with Gasteiger partial charge in [-0.2, -0.15) is 0 Å². The van der Waals surface area contributed by atoms with Crippen LogP contribution in [0.3, 0.4) is 0 Å². The van der Waals surface area contributed by atoms with Gasteiger partial charge in [-0.25, -0.2) is 0 Å². The molecule has 1 amide bonds. The van der Waals surface area contributed by atoms with Crippen molar-refractivity contribution in [2.45, 2.75) is 46.1 Å². The van der Waals surface area contributed by atoms with Crippen LogP contribution in [0.4, 0.5) is 0 Å². The molecule has 0 bridgehead atoms. The van der Waals surface area contributed by atoms with E-state index in [9.17, 15) is 4.79 Å². The lowest BCUT2D eigenvalue weighted by Gasteiger charge is -2.17. The van der Waals surface area contributed by atoms with Crippen molar-refractivity contribution in [2.24, 2.45) is 0 Å². The van der Waals surface area contributed by atoms with Crippen LogP contribution < -0.4 is 24.8 Å². The van der Waals surface area contributed by atoms with Gasteiger partial charge < -0.3 is 24.8 Å². The van der Waals surface area contributed by atoms with E-state index in [1.807, 2.05) is 20.8 Å². The normalized spacial score (nSPS) is 16.5. The molecule has 0 aromatic heterocycles. The van der Waals surface area contributed by atoms with Crippen molar-refractivity contribution in [2.75, 3.05) is 32.9 Å². The first-order valence-corrected chi connectivity index (χ1v) is 9.27. The number of benzene rings is 1. The Balaban J connectivity index is 2.10. The summed E-state index contributed by atoms with van der Waals surface area (Å²) in [6.07, 6.45) is 3.34. The third-order valence-electron chi connectivity index (χ3n) is 4.11. The molecular formula is C19H30N2O4. The Hall–Kier alpha value is -1.95. The molecule has 140 valence electrons. The SMILES string of the molecule is CCOc1cc(C(=O)NCC[C@H]2CCCN2)cc(OCC)c1OCC. The Morgan fingerprint density at radius 1 is 1.12 bits per heavy atom. The molecule has 2 rings (SSSR count). The Labute approximate surface area is 150 Å². The van der Waals surface area contributed by atoms with Crippen LogP contribution in [-0.4, -0.2) is 44.9 Å². The predicted octanol–water partition coefficient (Wildman–Crippen LogP) is 2.75. The first-order chi connectivity index (χ1) is 12.2. The fourth-order valence-corrected chi connectivity index (χ4v) is 2.98. The highest BCUT2D eigenvalue weighted by Gasteiger charge is 2.19. The van der Waals surface area contributed by atoms with E-state index in [1.54, 1.807) is 12.1 Å². The second kappa shape index (κ2) is 10.1. The largest absolute Gasteiger partial charge is 0.490 e. The smallest absolute Gasteiger partial charge is 0.251 e. The van der Waals surface area contributed by atoms with Gasteiger partial charge in [-0.15, -0.1) is 0 Å². The average molecular weight is 350 g/mol. The molecule has 0 radical (unpaired) electrons. The lowest BCUT2D eigenvalue weighted by atomic mass is 10.1. The monoisotopic (exact) mass is 350 g/mol. The van der Waals surface area contributed by atoms with Crippen molar-refractivity contribution in [3.8, 4) is 17.2 Å². The first kappa shape index (κ1) is 19.4. The zero-order valence-electron chi connectivity index (χ0n) is 15.5. The van der Waals surface area contributed by atoms with Crippen LogP contribution in [0.15, 0.2) is 12.1 Å². The molecule has 0 unspecified atom stereocenters. The molecule has 6 heteroatoms. The molecule has 1 heterocycles. The summed E-state index contributed by atoms with van der Waals surface area (Å²) in [6.45, 7) is 8.91. The van der Waals surface area contributed by atoms with Gasteiger partial charge in [0.15, 0.2) is 11.5 Å². The van der Waals surface area contributed by atoms with Crippen molar-refractivity contribution >= 4 is 5.91 Å². The van der Waals surface area contributed by atoms with E-state index in [1.165, 1.54) is 12.8 Å². The van der Waals surface area contributed by atoms with Gasteiger partial charge in [-0.05, 0) is 58.7 Å². The van der Waals surface area contributed by atoms with E-state index in [-0.39, 0.29) is 5.91 Å². The number of rotatable bonds is 10. The van der Waals surface area contributed by atoms with E-state index in [0.717, 1.165) is 13.0 Å². The molecule has 1 aliphatic rings. The van der Waals surface area contributed by atoms with Crippen LogP contribution in [0.5, 0.6) is 17.2 Å². The summed E-state index contributed by atoms with van der Waals surface area (Å²) in [5.74, 6) is 1.51. The van der Waals surface area contributed by atoms with Crippen molar-refractivity contribution in [1.82, 2.24) is 10.6 Å². The highest BCUT2D eigenvalue weighted by molar-refractivity contribution is 5.95. The first-order valence-electron chi connectivity index (χ1n) is 9.27. The molecule has 1 saturated heterocycles. The van der Waals surface area contributed by atoms with Crippen molar-refractivity contribution in [3.05, 3.63) is 17.7 Å². The summed E-state index contributed by atoms with van der Waals surface area (Å²) >= 11 is 0. The molecule has 25 heavy (non-hydrogen) atoms. The van der Waals surface area contributed by atoms with Gasteiger partial charge in [0.1, 0.15) is 0 Å². The van der Waals surface area contributed by atoms with Crippen LogP contribution in [-0.2, 0) is 0 Å². The van der Waals surface area contributed by atoms with Crippen LogP contribution >= 0.6 is 0 Å². The standard InChI is InChI=1S/C19H30N2O4/c1-4-23-16-12-14(13-17(24-5-2)18(16)25-6-3)19(22)21-11-9-15-8-7-10-20-15/h12-13,15,20H,4-11H2,1-3H3,(H,21,22)/t15-/m1/s1. The summed E-state index contributed by atoms with van der Waals surface area (Å²) < 4.78 is 17.0. The molecule has 6 nitrogen and oxygen atoms in total. The summed E-state index contributed by atoms with van der Waals surface area (Å²) in [5.41, 5.74) is 0.523. The second-order valence-corrected chi connectivity index (χ2v) is 5.94. The fourth-order valence-electron chi connectivity index (χ4n) is 2.98. The van der Waals surface area contributed by atoms with Gasteiger partial charge in [0.25, 0.3) is 5.91 Å². The summed E-state index contributed by atoms with van der Waals surface area (Å²) in [4.78, 5) is 12.5. The maximum atomic E-state index is 12.5. The maximum Gasteiger partial charge on any atom is 0.251 e. The summed E-state index contributed by atoms with van der Waals surface area (Å²) in [7, 11) is 0. The Morgan fingerprint density at radius 3 is 2.28 bits per heavy atom.